The van der Waals surface area contributed by atoms with Crippen LogP contribution in [-0.2, 0) is 10.4 Å². The lowest BCUT2D eigenvalue weighted by molar-refractivity contribution is 0.381. The van der Waals surface area contributed by atoms with Crippen LogP contribution in [0.4, 0.5) is 0 Å². The van der Waals surface area contributed by atoms with Crippen LogP contribution in [-0.4, -0.2) is 40.6 Å². The quantitative estimate of drug-likeness (QED) is 0.368. The predicted molar refractivity (Wildman–Crippen MR) is 43.5 cm³/mol. The first-order valence-corrected chi connectivity index (χ1v) is 2.10. The summed E-state index contributed by atoms with van der Waals surface area (Å²) in [6, 6.07) is 0. The van der Waals surface area contributed by atoms with Gasteiger partial charge in [-0.3, -0.25) is 9.11 Å². The molecule has 0 rings (SSSR count). The highest BCUT2D eigenvalue weighted by atomic mass is 32.3. The third kappa shape index (κ3) is 165. The Kier molecular flexibility index (Phi) is 23.7. The Bertz CT molecular complexity index is 94.5. The average Bonchev–Trinajstić information content (AvgIpc) is 0.722. The number of hydrogen-bond donors (Lipinski definition) is 2. The molecule has 8 heavy (non-hydrogen) atoms. The third-order valence-corrected chi connectivity index (χ3v) is 0. The Morgan fingerprint density at radius 1 is 1.00 bits per heavy atom. The lowest BCUT2D eigenvalue weighted by Gasteiger charge is -1.68. The highest BCUT2D eigenvalue weighted by molar-refractivity contribution is 7.79. The molecule has 0 aliphatic carbocycles. The van der Waals surface area contributed by atoms with E-state index < -0.39 is 10.4 Å². The molecule has 0 radical (unpaired) electrons. The zero-order valence-corrected chi connectivity index (χ0v) is 5.94. The van der Waals surface area contributed by atoms with Crippen LogP contribution in [0.5, 0.6) is 0 Å². The van der Waals surface area contributed by atoms with Crippen LogP contribution in [0.3, 0.4) is 0 Å². The van der Waals surface area contributed by atoms with Crippen LogP contribution in [0.1, 0.15) is 0 Å². The molecular weight excluding hydrogens is 185 g/mol. The first kappa shape index (κ1) is 22.8. The van der Waals surface area contributed by atoms with E-state index >= 15 is 0 Å². The van der Waals surface area contributed by atoms with Gasteiger partial charge >= 0.3 is 33.5 Å². The summed E-state index contributed by atoms with van der Waals surface area (Å²) in [5.74, 6) is 0. The molecule has 0 saturated carbocycles. The van der Waals surface area contributed by atoms with Crippen LogP contribution in [0.25, 0.3) is 0 Å². The van der Waals surface area contributed by atoms with Crippen molar-refractivity contribution in [2.45, 2.75) is 0 Å². The van der Waals surface area contributed by atoms with Crippen molar-refractivity contribution >= 4 is 60.4 Å². The van der Waals surface area contributed by atoms with Crippen molar-refractivity contribution in [2.24, 2.45) is 0 Å². The van der Waals surface area contributed by atoms with E-state index in [1.807, 2.05) is 0 Å². The highest BCUT2D eigenvalue weighted by Gasteiger charge is 1.84. The SMILES string of the molecule is O=S(=O)(O)O.S.S.[MgH2]. The molecule has 0 amide bonds. The fraction of sp³-hybridized carbons (Fsp3) is 0. The summed E-state index contributed by atoms with van der Waals surface area (Å²) in [5.41, 5.74) is 0. The summed E-state index contributed by atoms with van der Waals surface area (Å²) in [5, 5.41) is 0. The van der Waals surface area contributed by atoms with E-state index in [0.717, 1.165) is 0 Å². The van der Waals surface area contributed by atoms with Crippen molar-refractivity contribution < 1.29 is 17.5 Å². The van der Waals surface area contributed by atoms with E-state index in [9.17, 15) is 0 Å². The predicted octanol–water partition coefficient (Wildman–Crippen LogP) is -1.34. The van der Waals surface area contributed by atoms with Gasteiger partial charge in [-0.1, -0.05) is 0 Å². The second-order valence-electron chi connectivity index (χ2n) is 0.448. The van der Waals surface area contributed by atoms with Gasteiger partial charge in [-0.2, -0.15) is 35.4 Å². The van der Waals surface area contributed by atoms with Crippen LogP contribution in [0.15, 0.2) is 0 Å². The maximum atomic E-state index is 8.74. The molecule has 0 spiro atoms. The maximum Gasteiger partial charge on any atom is 0.394 e. The Morgan fingerprint density at radius 3 is 1.00 bits per heavy atom. The topological polar surface area (TPSA) is 74.6 Å². The summed E-state index contributed by atoms with van der Waals surface area (Å²) in [6.07, 6.45) is 0. The average molecular weight is 193 g/mol. The number of rotatable bonds is 0. The smallest absolute Gasteiger partial charge is 0.264 e. The minimum absolute atomic E-state index is 0. The van der Waals surface area contributed by atoms with Crippen LogP contribution in [0, 0.1) is 0 Å². The maximum absolute atomic E-state index is 8.74. The van der Waals surface area contributed by atoms with Crippen LogP contribution < -0.4 is 0 Å². The molecule has 8 heteroatoms. The minimum atomic E-state index is -4.67. The Balaban J connectivity index is -0.0000000267. The summed E-state index contributed by atoms with van der Waals surface area (Å²) < 4.78 is 31.6. The van der Waals surface area contributed by atoms with Crippen molar-refractivity contribution in [1.29, 1.82) is 0 Å². The van der Waals surface area contributed by atoms with E-state index in [1.165, 1.54) is 0 Å². The van der Waals surface area contributed by atoms with Gasteiger partial charge in [-0.15, -0.1) is 0 Å². The van der Waals surface area contributed by atoms with Gasteiger partial charge in [0.05, 0.1) is 0 Å². The van der Waals surface area contributed by atoms with Crippen molar-refractivity contribution in [3.05, 3.63) is 0 Å². The van der Waals surface area contributed by atoms with Crippen molar-refractivity contribution in [3.63, 3.8) is 0 Å². The third-order valence-electron chi connectivity index (χ3n) is 0. The molecule has 0 saturated heterocycles. The molecule has 0 fully saturated rings. The normalized spacial score (nSPS) is 7.25. The summed E-state index contributed by atoms with van der Waals surface area (Å²) >= 11 is 0. The van der Waals surface area contributed by atoms with Gasteiger partial charge in [0.25, 0.3) is 0 Å². The summed E-state index contributed by atoms with van der Waals surface area (Å²) in [4.78, 5) is 0. The zero-order chi connectivity index (χ0) is 4.50. The lowest BCUT2D eigenvalue weighted by Crippen LogP contribution is -1.89. The molecule has 4 nitrogen and oxygen atoms in total. The largest absolute Gasteiger partial charge is 0.394 e. The molecule has 0 aromatic carbocycles. The molecule has 0 aromatic rings. The standard InChI is InChI=1S/Mg.H2O4S.2H2S.2H/c;1-5(2,3)4;;;;/h;(H2,1,2,3,4);2*1H2;;. The molecule has 0 heterocycles. The monoisotopic (exact) mass is 192 g/mol. The molecule has 0 aliphatic rings. The zero-order valence-electron chi connectivity index (χ0n) is 3.12. The fourth-order valence-corrected chi connectivity index (χ4v) is 0. The van der Waals surface area contributed by atoms with Crippen molar-refractivity contribution in [2.75, 3.05) is 0 Å². The van der Waals surface area contributed by atoms with Gasteiger partial charge in [-0.05, 0) is 0 Å². The molecule has 0 aromatic heterocycles. The lowest BCUT2D eigenvalue weighted by atomic mass is 15.8. The second kappa shape index (κ2) is 8.34. The van der Waals surface area contributed by atoms with Gasteiger partial charge in [0, 0.05) is 0 Å². The molecule has 2 N–H and O–H groups in total. The van der Waals surface area contributed by atoms with E-state index in [1.54, 1.807) is 0 Å². The molecule has 52 valence electrons. The summed E-state index contributed by atoms with van der Waals surface area (Å²) in [7, 11) is -4.67. The molecule has 0 atom stereocenters. The molecule has 0 bridgehead atoms. The fourth-order valence-electron chi connectivity index (χ4n) is 0. The van der Waals surface area contributed by atoms with Gasteiger partial charge < -0.3 is 0 Å². The van der Waals surface area contributed by atoms with E-state index in [4.69, 9.17) is 17.5 Å². The first-order chi connectivity index (χ1) is 2.00. The number of hydrogen-bond acceptors (Lipinski definition) is 2. The second-order valence-corrected chi connectivity index (χ2v) is 1.34. The molecule has 0 unspecified atom stereocenters. The van der Waals surface area contributed by atoms with Gasteiger partial charge in [0.15, 0.2) is 0 Å². The summed E-state index contributed by atoms with van der Waals surface area (Å²) in [6.45, 7) is 0. The molecular formula is H8MgO4S3. The van der Waals surface area contributed by atoms with Gasteiger partial charge in [0.1, 0.15) is 0 Å². The van der Waals surface area contributed by atoms with Crippen LogP contribution >= 0.6 is 27.0 Å². The van der Waals surface area contributed by atoms with Crippen LogP contribution in [0.2, 0.25) is 0 Å². The van der Waals surface area contributed by atoms with E-state index in [0.29, 0.717) is 0 Å². The van der Waals surface area contributed by atoms with E-state index in [-0.39, 0.29) is 50.0 Å². The Labute approximate surface area is 77.7 Å². The highest BCUT2D eigenvalue weighted by Crippen LogP contribution is 1.59. The Morgan fingerprint density at radius 2 is 1.00 bits per heavy atom. The molecule has 0 aliphatic heterocycles. The van der Waals surface area contributed by atoms with Crippen molar-refractivity contribution in [3.8, 4) is 0 Å². The minimum Gasteiger partial charge on any atom is -0.264 e. The van der Waals surface area contributed by atoms with E-state index in [2.05, 4.69) is 0 Å². The van der Waals surface area contributed by atoms with Gasteiger partial charge in [-0.25, -0.2) is 0 Å². The van der Waals surface area contributed by atoms with Gasteiger partial charge in [0.2, 0.25) is 0 Å². The Hall–Kier alpha value is 1.34. The van der Waals surface area contributed by atoms with Crippen molar-refractivity contribution in [1.82, 2.24) is 0 Å². The first-order valence-electron chi connectivity index (χ1n) is 0.698.